The molecule has 1 aromatic heterocycles. The molecule has 0 saturated heterocycles. The Kier molecular flexibility index (Phi) is 3.57. The van der Waals surface area contributed by atoms with E-state index < -0.39 is 0 Å². The van der Waals surface area contributed by atoms with Crippen LogP contribution in [0.15, 0.2) is 30.6 Å². The highest BCUT2D eigenvalue weighted by Crippen LogP contribution is 2.36. The molecule has 20 heavy (non-hydrogen) atoms. The van der Waals surface area contributed by atoms with Crippen molar-refractivity contribution in [2.45, 2.75) is 38.1 Å². The van der Waals surface area contributed by atoms with Gasteiger partial charge in [0.1, 0.15) is 12.1 Å². The Hall–Kier alpha value is -1.68. The Labute approximate surface area is 119 Å². The van der Waals surface area contributed by atoms with Crippen molar-refractivity contribution in [3.8, 4) is 0 Å². The number of aromatic nitrogens is 2. The molecule has 4 heteroatoms. The molecule has 0 radical (unpaired) electrons. The fraction of sp³-hybridized carbons (Fsp3) is 0.500. The van der Waals surface area contributed by atoms with E-state index in [0.717, 1.165) is 23.1 Å². The predicted molar refractivity (Wildman–Crippen MR) is 82.6 cm³/mol. The Balaban J connectivity index is 1.99. The van der Waals surface area contributed by atoms with Crippen LogP contribution in [0, 0.1) is 5.92 Å². The van der Waals surface area contributed by atoms with E-state index in [9.17, 15) is 0 Å². The summed E-state index contributed by atoms with van der Waals surface area (Å²) in [6.07, 6.45) is 6.51. The highest BCUT2D eigenvalue weighted by Gasteiger charge is 2.37. The molecular weight excluding hydrogens is 248 g/mol. The minimum Gasteiger partial charge on any atom is -0.362 e. The van der Waals surface area contributed by atoms with E-state index in [1.807, 2.05) is 18.2 Å². The minimum absolute atomic E-state index is 0.0324. The van der Waals surface area contributed by atoms with E-state index in [2.05, 4.69) is 28.3 Å². The number of nitrogens with two attached hydrogens (primary N) is 1. The Morgan fingerprint density at radius 3 is 2.95 bits per heavy atom. The summed E-state index contributed by atoms with van der Waals surface area (Å²) in [5, 5.41) is 4.73. The average Bonchev–Trinajstić information content (AvgIpc) is 2.50. The first kappa shape index (κ1) is 13.3. The molecule has 2 unspecified atom stereocenters. The zero-order valence-electron chi connectivity index (χ0n) is 12.0. The molecule has 0 amide bonds. The minimum atomic E-state index is -0.0324. The largest absolute Gasteiger partial charge is 0.362 e. The molecule has 0 bridgehead atoms. The number of hydrogen-bond donors (Lipinski definition) is 2. The molecule has 1 heterocycles. The van der Waals surface area contributed by atoms with E-state index in [-0.39, 0.29) is 5.54 Å². The fourth-order valence-electron chi connectivity index (χ4n) is 3.29. The van der Waals surface area contributed by atoms with Gasteiger partial charge in [0.05, 0.1) is 11.1 Å². The quantitative estimate of drug-likeness (QED) is 0.900. The van der Waals surface area contributed by atoms with Gasteiger partial charge in [-0.1, -0.05) is 31.9 Å². The second kappa shape index (κ2) is 5.37. The molecule has 1 fully saturated rings. The van der Waals surface area contributed by atoms with Gasteiger partial charge in [-0.2, -0.15) is 0 Å². The summed E-state index contributed by atoms with van der Waals surface area (Å²) in [5.74, 6) is 1.48. The summed E-state index contributed by atoms with van der Waals surface area (Å²) in [5.41, 5.74) is 7.06. The van der Waals surface area contributed by atoms with Crippen LogP contribution in [-0.4, -0.2) is 22.1 Å². The van der Waals surface area contributed by atoms with E-state index in [0.29, 0.717) is 12.5 Å². The third-order valence-corrected chi connectivity index (χ3v) is 4.73. The lowest BCUT2D eigenvalue weighted by Gasteiger charge is -2.43. The third-order valence-electron chi connectivity index (χ3n) is 4.73. The molecular formula is C16H22N4. The van der Waals surface area contributed by atoms with Gasteiger partial charge in [-0.15, -0.1) is 0 Å². The zero-order valence-corrected chi connectivity index (χ0v) is 12.0. The Morgan fingerprint density at radius 2 is 2.15 bits per heavy atom. The van der Waals surface area contributed by atoms with Gasteiger partial charge >= 0.3 is 0 Å². The van der Waals surface area contributed by atoms with Crippen LogP contribution in [0.25, 0.3) is 10.9 Å². The van der Waals surface area contributed by atoms with Crippen LogP contribution in [0.1, 0.15) is 32.6 Å². The zero-order chi connectivity index (χ0) is 14.0. The summed E-state index contributed by atoms with van der Waals surface area (Å²) in [4.78, 5) is 8.77. The lowest BCUT2D eigenvalue weighted by molar-refractivity contribution is 0.235. The number of rotatable bonds is 3. The Bertz CT molecular complexity index is 593. The summed E-state index contributed by atoms with van der Waals surface area (Å²) in [6, 6.07) is 8.11. The van der Waals surface area contributed by atoms with Gasteiger partial charge in [0, 0.05) is 11.9 Å². The van der Waals surface area contributed by atoms with Crippen LogP contribution in [0.4, 0.5) is 5.82 Å². The molecule has 3 rings (SSSR count). The number of fused-ring (bicyclic) bond motifs is 1. The summed E-state index contributed by atoms with van der Waals surface area (Å²) in [7, 11) is 0. The smallest absolute Gasteiger partial charge is 0.137 e. The van der Waals surface area contributed by atoms with Crippen LogP contribution >= 0.6 is 0 Å². The first-order valence-corrected chi connectivity index (χ1v) is 7.43. The van der Waals surface area contributed by atoms with Crippen molar-refractivity contribution >= 4 is 16.7 Å². The second-order valence-electron chi connectivity index (χ2n) is 5.87. The standard InChI is InChI=1S/C16H22N4/c1-12-6-4-5-9-16(12,10-17)20-15-13-7-2-3-8-14(13)18-11-19-15/h2-3,7-8,11-12H,4-6,9-10,17H2,1H3,(H,18,19,20). The van der Waals surface area contributed by atoms with E-state index in [4.69, 9.17) is 5.73 Å². The molecule has 3 N–H and O–H groups in total. The number of nitrogens with zero attached hydrogens (tertiary/aromatic N) is 2. The van der Waals surface area contributed by atoms with Crippen molar-refractivity contribution in [2.75, 3.05) is 11.9 Å². The van der Waals surface area contributed by atoms with Gasteiger partial charge in [0.15, 0.2) is 0 Å². The molecule has 1 aliphatic rings. The van der Waals surface area contributed by atoms with Crippen molar-refractivity contribution in [3.05, 3.63) is 30.6 Å². The van der Waals surface area contributed by atoms with E-state index >= 15 is 0 Å². The summed E-state index contributed by atoms with van der Waals surface area (Å²) >= 11 is 0. The molecule has 1 saturated carbocycles. The molecule has 0 spiro atoms. The maximum atomic E-state index is 6.11. The molecule has 2 aromatic rings. The van der Waals surface area contributed by atoms with Crippen LogP contribution in [0.3, 0.4) is 0 Å². The van der Waals surface area contributed by atoms with Crippen molar-refractivity contribution in [1.82, 2.24) is 9.97 Å². The lowest BCUT2D eigenvalue weighted by atomic mass is 9.73. The predicted octanol–water partition coefficient (Wildman–Crippen LogP) is 2.95. The fourth-order valence-corrected chi connectivity index (χ4v) is 3.29. The highest BCUT2D eigenvalue weighted by atomic mass is 15.1. The average molecular weight is 270 g/mol. The van der Waals surface area contributed by atoms with E-state index in [1.54, 1.807) is 6.33 Å². The third kappa shape index (κ3) is 2.24. The SMILES string of the molecule is CC1CCCCC1(CN)Nc1ncnc2ccccc12. The van der Waals surface area contributed by atoms with Crippen molar-refractivity contribution in [1.29, 1.82) is 0 Å². The Morgan fingerprint density at radius 1 is 1.30 bits per heavy atom. The summed E-state index contributed by atoms with van der Waals surface area (Å²) < 4.78 is 0. The van der Waals surface area contributed by atoms with Crippen LogP contribution in [0.5, 0.6) is 0 Å². The molecule has 106 valence electrons. The van der Waals surface area contributed by atoms with E-state index in [1.165, 1.54) is 19.3 Å². The molecule has 4 nitrogen and oxygen atoms in total. The van der Waals surface area contributed by atoms with Gasteiger partial charge in [-0.25, -0.2) is 9.97 Å². The summed E-state index contributed by atoms with van der Waals surface area (Å²) in [6.45, 7) is 2.94. The van der Waals surface area contributed by atoms with Gasteiger partial charge in [0.2, 0.25) is 0 Å². The van der Waals surface area contributed by atoms with Crippen LogP contribution in [-0.2, 0) is 0 Å². The molecule has 2 atom stereocenters. The van der Waals surface area contributed by atoms with Gasteiger partial charge in [-0.3, -0.25) is 0 Å². The number of anilines is 1. The molecule has 0 aliphatic heterocycles. The topological polar surface area (TPSA) is 63.8 Å². The van der Waals surface area contributed by atoms with Gasteiger partial charge < -0.3 is 11.1 Å². The number of nitrogens with one attached hydrogen (secondary N) is 1. The number of para-hydroxylation sites is 1. The second-order valence-corrected chi connectivity index (χ2v) is 5.87. The van der Waals surface area contributed by atoms with Crippen molar-refractivity contribution in [3.63, 3.8) is 0 Å². The maximum Gasteiger partial charge on any atom is 0.137 e. The first-order chi connectivity index (χ1) is 9.75. The monoisotopic (exact) mass is 270 g/mol. The van der Waals surface area contributed by atoms with Gasteiger partial charge in [-0.05, 0) is 30.9 Å². The highest BCUT2D eigenvalue weighted by molar-refractivity contribution is 5.88. The lowest BCUT2D eigenvalue weighted by Crippen LogP contribution is -2.52. The van der Waals surface area contributed by atoms with Crippen LogP contribution in [0.2, 0.25) is 0 Å². The van der Waals surface area contributed by atoms with Crippen molar-refractivity contribution < 1.29 is 0 Å². The van der Waals surface area contributed by atoms with Crippen LogP contribution < -0.4 is 11.1 Å². The number of hydrogen-bond acceptors (Lipinski definition) is 4. The normalized spacial score (nSPS) is 26.6. The molecule has 1 aliphatic carbocycles. The maximum absolute atomic E-state index is 6.11. The number of benzene rings is 1. The van der Waals surface area contributed by atoms with Gasteiger partial charge in [0.25, 0.3) is 0 Å². The van der Waals surface area contributed by atoms with Crippen molar-refractivity contribution in [2.24, 2.45) is 11.7 Å². The molecule has 1 aromatic carbocycles. The first-order valence-electron chi connectivity index (χ1n) is 7.43.